The zero-order valence-electron chi connectivity index (χ0n) is 20.3. The van der Waals surface area contributed by atoms with Crippen molar-refractivity contribution in [3.8, 4) is 0 Å². The highest BCUT2D eigenvalue weighted by Gasteiger charge is 2.29. The number of carbonyl (C=O) groups is 1. The van der Waals surface area contributed by atoms with Gasteiger partial charge in [0.15, 0.2) is 15.7 Å². The molecule has 11 heteroatoms. The van der Waals surface area contributed by atoms with Gasteiger partial charge in [0, 0.05) is 17.8 Å². The van der Waals surface area contributed by atoms with E-state index in [2.05, 4.69) is 39.8 Å². The lowest BCUT2D eigenvalue weighted by atomic mass is 9.80. The van der Waals surface area contributed by atoms with Gasteiger partial charge >= 0.3 is 0 Å². The summed E-state index contributed by atoms with van der Waals surface area (Å²) in [5, 5.41) is 8.06. The van der Waals surface area contributed by atoms with Gasteiger partial charge < -0.3 is 16.0 Å². The summed E-state index contributed by atoms with van der Waals surface area (Å²) in [7, 11) is -3.79. The van der Waals surface area contributed by atoms with Crippen LogP contribution in [0.5, 0.6) is 0 Å². The van der Waals surface area contributed by atoms with E-state index in [4.69, 9.17) is 11.6 Å². The molecule has 190 valence electrons. The monoisotopic (exact) mass is 531 g/mol. The number of rotatable bonds is 6. The number of anilines is 5. The van der Waals surface area contributed by atoms with Crippen LogP contribution in [0.3, 0.4) is 0 Å². The van der Waals surface area contributed by atoms with Crippen LogP contribution in [0.4, 0.5) is 33.2 Å². The van der Waals surface area contributed by atoms with Crippen LogP contribution in [0.2, 0.25) is 5.02 Å². The molecule has 0 atom stereocenters. The Labute approximate surface area is 214 Å². The topological polar surface area (TPSA) is 113 Å². The molecule has 3 aromatic rings. The largest absolute Gasteiger partial charge is 0.335 e. The number of carbonyl (C=O) groups excluding carboxylic acids is 1. The SMILES string of the molecule is CC(C)S(=O)(=O)c1cccc(F)c1Nc1nc(Nc2ccc3c(c2)NC(=O)CCC3(C)C)ncc1Cl. The van der Waals surface area contributed by atoms with Crippen molar-refractivity contribution in [1.82, 2.24) is 9.97 Å². The molecule has 0 fully saturated rings. The first-order valence-corrected chi connectivity index (χ1v) is 13.3. The normalized spacial score (nSPS) is 15.1. The third-order valence-electron chi connectivity index (χ3n) is 6.15. The molecule has 1 aromatic heterocycles. The van der Waals surface area contributed by atoms with Gasteiger partial charge in [-0.3, -0.25) is 4.79 Å². The van der Waals surface area contributed by atoms with Crippen molar-refractivity contribution >= 4 is 56.2 Å². The summed E-state index contributed by atoms with van der Waals surface area (Å²) in [6, 6.07) is 9.42. The van der Waals surface area contributed by atoms with Crippen LogP contribution in [0, 0.1) is 5.82 Å². The summed E-state index contributed by atoms with van der Waals surface area (Å²) >= 11 is 6.26. The zero-order valence-corrected chi connectivity index (χ0v) is 21.9. The molecule has 1 aliphatic heterocycles. The van der Waals surface area contributed by atoms with Crippen LogP contribution in [0.15, 0.2) is 47.5 Å². The standard InChI is InChI=1S/C25H27ClFN5O3S/c1-14(2)36(34,35)20-7-5-6-18(27)22(20)31-23-17(26)13-28-24(32-23)29-15-8-9-16-19(12-15)30-21(33)10-11-25(16,3)4/h5-9,12-14H,10-11H2,1-4H3,(H,30,33)(H2,28,29,31,32). The molecule has 0 spiro atoms. The number of hydrogen-bond donors (Lipinski definition) is 3. The van der Waals surface area contributed by atoms with Gasteiger partial charge in [0.25, 0.3) is 0 Å². The van der Waals surface area contributed by atoms with E-state index in [9.17, 15) is 17.6 Å². The number of halogens is 2. The Morgan fingerprint density at radius 2 is 1.92 bits per heavy atom. The van der Waals surface area contributed by atoms with E-state index in [1.165, 1.54) is 32.2 Å². The van der Waals surface area contributed by atoms with Crippen LogP contribution in [0.1, 0.15) is 46.1 Å². The van der Waals surface area contributed by atoms with Crippen molar-refractivity contribution in [2.75, 3.05) is 16.0 Å². The second kappa shape index (κ2) is 9.67. The molecular formula is C25H27ClFN5O3S. The first-order chi connectivity index (χ1) is 16.9. The number of nitrogens with one attached hydrogen (secondary N) is 3. The Hall–Kier alpha value is -3.24. The minimum absolute atomic E-state index is 0.0312. The summed E-state index contributed by atoms with van der Waals surface area (Å²) in [5.41, 5.74) is 1.93. The molecule has 4 rings (SSSR count). The van der Waals surface area contributed by atoms with Crippen LogP contribution in [-0.4, -0.2) is 29.5 Å². The molecular weight excluding hydrogens is 505 g/mol. The lowest BCUT2D eigenvalue weighted by Gasteiger charge is -2.25. The van der Waals surface area contributed by atoms with Crippen molar-refractivity contribution in [1.29, 1.82) is 0 Å². The minimum atomic E-state index is -3.79. The van der Waals surface area contributed by atoms with E-state index in [1.54, 1.807) is 6.07 Å². The fourth-order valence-corrected chi connectivity index (χ4v) is 5.32. The number of hydrogen-bond acceptors (Lipinski definition) is 7. The molecule has 0 unspecified atom stereocenters. The number of para-hydroxylation sites is 1. The Balaban J connectivity index is 1.67. The quantitative estimate of drug-likeness (QED) is 0.360. The average Bonchev–Trinajstić information content (AvgIpc) is 2.92. The molecule has 0 saturated carbocycles. The van der Waals surface area contributed by atoms with Crippen LogP contribution >= 0.6 is 11.6 Å². The molecule has 3 N–H and O–H groups in total. The van der Waals surface area contributed by atoms with Crippen LogP contribution in [-0.2, 0) is 20.0 Å². The van der Waals surface area contributed by atoms with E-state index in [-0.39, 0.29) is 38.7 Å². The van der Waals surface area contributed by atoms with Gasteiger partial charge in [-0.25, -0.2) is 17.8 Å². The number of nitrogens with zero attached hydrogens (tertiary/aromatic N) is 2. The van der Waals surface area contributed by atoms with Crippen LogP contribution in [0.25, 0.3) is 0 Å². The molecule has 1 aliphatic rings. The van der Waals surface area contributed by atoms with E-state index >= 15 is 0 Å². The molecule has 1 amide bonds. The van der Waals surface area contributed by atoms with Gasteiger partial charge in [-0.2, -0.15) is 4.98 Å². The predicted octanol–water partition coefficient (Wildman–Crippen LogP) is 5.95. The van der Waals surface area contributed by atoms with Gasteiger partial charge in [-0.15, -0.1) is 0 Å². The molecule has 8 nitrogen and oxygen atoms in total. The van der Waals surface area contributed by atoms with Gasteiger partial charge in [0.2, 0.25) is 11.9 Å². The van der Waals surface area contributed by atoms with Crippen molar-refractivity contribution in [3.63, 3.8) is 0 Å². The highest BCUT2D eigenvalue weighted by Crippen LogP contribution is 2.38. The third kappa shape index (κ3) is 5.15. The predicted molar refractivity (Wildman–Crippen MR) is 140 cm³/mol. The maximum Gasteiger partial charge on any atom is 0.229 e. The van der Waals surface area contributed by atoms with Gasteiger partial charge in [-0.05, 0) is 55.5 Å². The molecule has 2 heterocycles. The summed E-state index contributed by atoms with van der Waals surface area (Å²) in [5.74, 6) is -0.635. The maximum absolute atomic E-state index is 14.7. The second-order valence-corrected chi connectivity index (χ2v) is 12.4. The summed E-state index contributed by atoms with van der Waals surface area (Å²) < 4.78 is 40.3. The lowest BCUT2D eigenvalue weighted by Crippen LogP contribution is -2.16. The van der Waals surface area contributed by atoms with E-state index in [0.29, 0.717) is 17.8 Å². The highest BCUT2D eigenvalue weighted by molar-refractivity contribution is 7.92. The summed E-state index contributed by atoms with van der Waals surface area (Å²) in [6.45, 7) is 7.23. The van der Waals surface area contributed by atoms with Crippen molar-refractivity contribution < 1.29 is 17.6 Å². The van der Waals surface area contributed by atoms with Crippen molar-refractivity contribution in [3.05, 3.63) is 59.0 Å². The molecule has 0 bridgehead atoms. The third-order valence-corrected chi connectivity index (χ3v) is 8.62. The van der Waals surface area contributed by atoms with Gasteiger partial charge in [-0.1, -0.05) is 37.6 Å². The first-order valence-electron chi connectivity index (χ1n) is 11.4. The molecule has 0 saturated heterocycles. The number of sulfone groups is 1. The van der Waals surface area contributed by atoms with Gasteiger partial charge in [0.1, 0.15) is 10.8 Å². The van der Waals surface area contributed by atoms with Crippen LogP contribution < -0.4 is 16.0 Å². The zero-order chi connectivity index (χ0) is 26.3. The first kappa shape index (κ1) is 25.8. The van der Waals surface area contributed by atoms with E-state index in [0.717, 1.165) is 18.1 Å². The fraction of sp³-hybridized carbons (Fsp3) is 0.320. The number of aromatic nitrogens is 2. The number of benzene rings is 2. The second-order valence-electron chi connectivity index (χ2n) is 9.54. The number of amides is 1. The molecule has 36 heavy (non-hydrogen) atoms. The minimum Gasteiger partial charge on any atom is -0.335 e. The Bertz CT molecular complexity index is 1440. The summed E-state index contributed by atoms with van der Waals surface area (Å²) in [6.07, 6.45) is 2.49. The average molecular weight is 532 g/mol. The molecule has 0 aliphatic carbocycles. The smallest absolute Gasteiger partial charge is 0.229 e. The maximum atomic E-state index is 14.7. The number of fused-ring (bicyclic) bond motifs is 1. The Kier molecular flexibility index (Phi) is 6.94. The van der Waals surface area contributed by atoms with E-state index in [1.807, 2.05) is 12.1 Å². The van der Waals surface area contributed by atoms with Crippen molar-refractivity contribution in [2.24, 2.45) is 0 Å². The Morgan fingerprint density at radius 1 is 1.17 bits per heavy atom. The molecule has 2 aromatic carbocycles. The van der Waals surface area contributed by atoms with Gasteiger partial charge in [0.05, 0.1) is 22.0 Å². The summed E-state index contributed by atoms with van der Waals surface area (Å²) in [4.78, 5) is 20.5. The Morgan fingerprint density at radius 3 is 2.64 bits per heavy atom. The van der Waals surface area contributed by atoms with E-state index < -0.39 is 20.9 Å². The lowest BCUT2D eigenvalue weighted by molar-refractivity contribution is -0.116. The highest BCUT2D eigenvalue weighted by atomic mass is 35.5. The van der Waals surface area contributed by atoms with Crippen molar-refractivity contribution in [2.45, 2.75) is 56.1 Å². The fourth-order valence-electron chi connectivity index (χ4n) is 3.97. The molecule has 0 radical (unpaired) electrons.